The predicted molar refractivity (Wildman–Crippen MR) is 44.5 cm³/mol. The molecule has 1 aromatic rings. The quantitative estimate of drug-likeness (QED) is 0.450. The predicted octanol–water partition coefficient (Wildman–Crippen LogP) is 0.643. The van der Waals surface area contributed by atoms with Gasteiger partial charge in [-0.25, -0.2) is 4.98 Å². The number of anilines is 1. The van der Waals surface area contributed by atoms with Crippen LogP contribution in [0.4, 0.5) is 5.82 Å². The first-order valence-electron chi connectivity index (χ1n) is 3.01. The summed E-state index contributed by atoms with van der Waals surface area (Å²) < 4.78 is 0. The van der Waals surface area contributed by atoms with Crippen molar-refractivity contribution in [1.82, 2.24) is 4.98 Å². The van der Waals surface area contributed by atoms with Crippen LogP contribution in [0.25, 0.3) is 0 Å². The van der Waals surface area contributed by atoms with Gasteiger partial charge in [0.25, 0.3) is 0 Å². The SMILES string of the molecule is C#Cc1ccnc(N)c1C=N. The molecule has 0 amide bonds. The molecule has 0 atom stereocenters. The van der Waals surface area contributed by atoms with Crippen molar-refractivity contribution in [2.75, 3.05) is 5.73 Å². The van der Waals surface area contributed by atoms with E-state index in [9.17, 15) is 0 Å². The number of hydrogen-bond acceptors (Lipinski definition) is 3. The van der Waals surface area contributed by atoms with Gasteiger partial charge in [-0.1, -0.05) is 5.92 Å². The number of nitrogen functional groups attached to an aromatic ring is 1. The number of hydrogen-bond donors (Lipinski definition) is 2. The Kier molecular flexibility index (Phi) is 1.88. The Morgan fingerprint density at radius 2 is 2.45 bits per heavy atom. The summed E-state index contributed by atoms with van der Waals surface area (Å²) in [4.78, 5) is 3.79. The zero-order valence-electron chi connectivity index (χ0n) is 5.83. The van der Waals surface area contributed by atoms with E-state index in [1.54, 1.807) is 6.07 Å². The lowest BCUT2D eigenvalue weighted by Crippen LogP contribution is -1.98. The molecule has 0 bridgehead atoms. The topological polar surface area (TPSA) is 62.8 Å². The fraction of sp³-hybridized carbons (Fsp3) is 0. The summed E-state index contributed by atoms with van der Waals surface area (Å²) in [5.41, 5.74) is 6.56. The number of nitrogens with two attached hydrogens (primary N) is 1. The Bertz CT molecular complexity index is 323. The second kappa shape index (κ2) is 2.84. The van der Waals surface area contributed by atoms with E-state index < -0.39 is 0 Å². The molecule has 54 valence electrons. The highest BCUT2D eigenvalue weighted by Gasteiger charge is 2.00. The summed E-state index contributed by atoms with van der Waals surface area (Å²) in [6, 6.07) is 1.65. The van der Waals surface area contributed by atoms with Crippen molar-refractivity contribution in [1.29, 1.82) is 5.41 Å². The van der Waals surface area contributed by atoms with Gasteiger partial charge < -0.3 is 11.1 Å². The second-order valence-electron chi connectivity index (χ2n) is 1.95. The Hall–Kier alpha value is -1.82. The first-order valence-corrected chi connectivity index (χ1v) is 3.01. The maximum Gasteiger partial charge on any atom is 0.133 e. The van der Waals surface area contributed by atoms with Gasteiger partial charge in [0, 0.05) is 23.5 Å². The lowest BCUT2D eigenvalue weighted by molar-refractivity contribution is 1.31. The molecule has 1 heterocycles. The van der Waals surface area contributed by atoms with Gasteiger partial charge in [-0.2, -0.15) is 0 Å². The number of pyridine rings is 1. The first kappa shape index (κ1) is 7.29. The molecule has 3 N–H and O–H groups in total. The van der Waals surface area contributed by atoms with E-state index >= 15 is 0 Å². The lowest BCUT2D eigenvalue weighted by atomic mass is 10.1. The average molecular weight is 145 g/mol. The number of nitrogens with one attached hydrogen (secondary N) is 1. The van der Waals surface area contributed by atoms with Crippen LogP contribution < -0.4 is 5.73 Å². The van der Waals surface area contributed by atoms with E-state index in [-0.39, 0.29) is 0 Å². The van der Waals surface area contributed by atoms with Gasteiger partial charge in [-0.05, 0) is 6.07 Å². The first-order chi connectivity index (χ1) is 5.29. The lowest BCUT2D eigenvalue weighted by Gasteiger charge is -1.99. The van der Waals surface area contributed by atoms with Crippen molar-refractivity contribution in [2.45, 2.75) is 0 Å². The second-order valence-corrected chi connectivity index (χ2v) is 1.95. The maximum absolute atomic E-state index is 6.99. The zero-order valence-corrected chi connectivity index (χ0v) is 5.83. The molecule has 3 heteroatoms. The minimum absolute atomic E-state index is 0.301. The summed E-state index contributed by atoms with van der Waals surface area (Å²) in [6.45, 7) is 0. The molecular weight excluding hydrogens is 138 g/mol. The van der Waals surface area contributed by atoms with Gasteiger partial charge >= 0.3 is 0 Å². The Morgan fingerprint density at radius 3 is 2.91 bits per heavy atom. The third-order valence-corrected chi connectivity index (χ3v) is 1.32. The zero-order chi connectivity index (χ0) is 8.27. The standard InChI is InChI=1S/C8H7N3/c1-2-6-3-4-11-8(10)7(6)5-9/h1,3-5,9H,(H2,10,11). The van der Waals surface area contributed by atoms with Gasteiger partial charge in [0.15, 0.2) is 0 Å². The molecule has 3 nitrogen and oxygen atoms in total. The van der Waals surface area contributed by atoms with E-state index in [4.69, 9.17) is 17.6 Å². The number of terminal acetylenes is 1. The van der Waals surface area contributed by atoms with Crippen LogP contribution in [-0.2, 0) is 0 Å². The van der Waals surface area contributed by atoms with E-state index in [0.717, 1.165) is 6.21 Å². The Morgan fingerprint density at radius 1 is 1.73 bits per heavy atom. The van der Waals surface area contributed by atoms with Crippen LogP contribution in [0, 0.1) is 17.8 Å². The molecule has 0 unspecified atom stereocenters. The van der Waals surface area contributed by atoms with Crippen LogP contribution in [0.5, 0.6) is 0 Å². The summed E-state index contributed by atoms with van der Waals surface area (Å²) >= 11 is 0. The molecular formula is C8H7N3. The van der Waals surface area contributed by atoms with E-state index in [1.165, 1.54) is 6.20 Å². The monoisotopic (exact) mass is 145 g/mol. The highest BCUT2D eigenvalue weighted by atomic mass is 14.8. The van der Waals surface area contributed by atoms with Crippen LogP contribution >= 0.6 is 0 Å². The van der Waals surface area contributed by atoms with Gasteiger partial charge in [0.05, 0.1) is 0 Å². The largest absolute Gasteiger partial charge is 0.383 e. The smallest absolute Gasteiger partial charge is 0.133 e. The summed E-state index contributed by atoms with van der Waals surface area (Å²) in [7, 11) is 0. The molecule has 1 rings (SSSR count). The Labute approximate surface area is 64.8 Å². The van der Waals surface area contributed by atoms with Crippen LogP contribution in [-0.4, -0.2) is 11.2 Å². The molecule has 0 aliphatic carbocycles. The highest BCUT2D eigenvalue weighted by molar-refractivity contribution is 5.87. The fourth-order valence-electron chi connectivity index (χ4n) is 0.767. The molecule has 0 spiro atoms. The van der Waals surface area contributed by atoms with E-state index in [1.807, 2.05) is 0 Å². The highest BCUT2D eigenvalue weighted by Crippen LogP contribution is 2.09. The van der Waals surface area contributed by atoms with Gasteiger partial charge in [0.2, 0.25) is 0 Å². The van der Waals surface area contributed by atoms with Crippen LogP contribution in [0.3, 0.4) is 0 Å². The van der Waals surface area contributed by atoms with Crippen molar-refractivity contribution < 1.29 is 0 Å². The van der Waals surface area contributed by atoms with Gasteiger partial charge in [-0.15, -0.1) is 6.42 Å². The van der Waals surface area contributed by atoms with E-state index in [0.29, 0.717) is 16.9 Å². The molecule has 0 fully saturated rings. The fourth-order valence-corrected chi connectivity index (χ4v) is 0.767. The van der Waals surface area contributed by atoms with E-state index in [2.05, 4.69) is 10.9 Å². The molecule has 0 saturated carbocycles. The molecule has 0 saturated heterocycles. The number of aromatic nitrogens is 1. The van der Waals surface area contributed by atoms with Crippen molar-refractivity contribution in [3.8, 4) is 12.3 Å². The van der Waals surface area contributed by atoms with Gasteiger partial charge in [-0.3, -0.25) is 0 Å². The van der Waals surface area contributed by atoms with Crippen molar-refractivity contribution in [3.63, 3.8) is 0 Å². The van der Waals surface area contributed by atoms with Crippen LogP contribution in [0.15, 0.2) is 12.3 Å². The normalized spacial score (nSPS) is 8.64. The molecule has 0 aliphatic rings. The summed E-state index contributed by atoms with van der Waals surface area (Å²) in [6.07, 6.45) is 7.79. The minimum Gasteiger partial charge on any atom is -0.383 e. The molecule has 0 aromatic carbocycles. The molecule has 0 radical (unpaired) electrons. The van der Waals surface area contributed by atoms with Crippen LogP contribution in [0.2, 0.25) is 0 Å². The number of rotatable bonds is 1. The Balaban J connectivity index is 3.38. The third kappa shape index (κ3) is 1.19. The van der Waals surface area contributed by atoms with Crippen molar-refractivity contribution in [2.24, 2.45) is 0 Å². The molecule has 11 heavy (non-hydrogen) atoms. The molecule has 1 aromatic heterocycles. The minimum atomic E-state index is 0.301. The van der Waals surface area contributed by atoms with Crippen molar-refractivity contribution in [3.05, 3.63) is 23.4 Å². The molecule has 0 aliphatic heterocycles. The number of nitrogens with zero attached hydrogens (tertiary/aromatic N) is 1. The average Bonchev–Trinajstić information content (AvgIpc) is 2.04. The third-order valence-electron chi connectivity index (χ3n) is 1.32. The van der Waals surface area contributed by atoms with Gasteiger partial charge in [0.1, 0.15) is 5.82 Å². The summed E-state index contributed by atoms with van der Waals surface area (Å²) in [5.74, 6) is 2.72. The summed E-state index contributed by atoms with van der Waals surface area (Å²) in [5, 5.41) is 6.99. The van der Waals surface area contributed by atoms with Crippen molar-refractivity contribution >= 4 is 12.0 Å². The van der Waals surface area contributed by atoms with Crippen LogP contribution in [0.1, 0.15) is 11.1 Å². The maximum atomic E-state index is 6.99.